The molecule has 0 saturated heterocycles. The molecule has 2 heterocycles. The normalized spacial score (nSPS) is 10.6. The molecule has 0 fully saturated rings. The van der Waals surface area contributed by atoms with Crippen molar-refractivity contribution in [1.82, 2.24) is 15.0 Å². The second kappa shape index (κ2) is 6.96. The summed E-state index contributed by atoms with van der Waals surface area (Å²) >= 11 is 0. The monoisotopic (exact) mass is 272 g/mol. The third kappa shape index (κ3) is 3.74. The predicted molar refractivity (Wildman–Crippen MR) is 79.5 cm³/mol. The molecular formula is C15H20N4O. The number of methoxy groups -OCH3 is 1. The quantitative estimate of drug-likeness (QED) is 0.876. The third-order valence-electron chi connectivity index (χ3n) is 2.80. The van der Waals surface area contributed by atoms with Crippen LogP contribution >= 0.6 is 0 Å². The van der Waals surface area contributed by atoms with Gasteiger partial charge in [-0.2, -0.15) is 0 Å². The molecule has 0 bridgehead atoms. The van der Waals surface area contributed by atoms with Gasteiger partial charge < -0.3 is 10.1 Å². The average molecular weight is 272 g/mol. The van der Waals surface area contributed by atoms with Crippen molar-refractivity contribution in [1.29, 1.82) is 0 Å². The first-order valence-corrected chi connectivity index (χ1v) is 6.76. The second-order valence-corrected chi connectivity index (χ2v) is 4.62. The number of hydrogen-bond acceptors (Lipinski definition) is 5. The van der Waals surface area contributed by atoms with Crippen LogP contribution in [0.15, 0.2) is 24.4 Å². The van der Waals surface area contributed by atoms with Crippen LogP contribution in [0.5, 0.6) is 0 Å². The molecule has 0 unspecified atom stereocenters. The molecule has 20 heavy (non-hydrogen) atoms. The molecule has 0 amide bonds. The van der Waals surface area contributed by atoms with E-state index in [1.165, 1.54) is 0 Å². The number of aryl methyl sites for hydroxylation is 1. The zero-order valence-electron chi connectivity index (χ0n) is 12.2. The van der Waals surface area contributed by atoms with Crippen molar-refractivity contribution in [2.24, 2.45) is 0 Å². The first-order valence-electron chi connectivity index (χ1n) is 6.76. The Morgan fingerprint density at radius 1 is 1.25 bits per heavy atom. The first-order chi connectivity index (χ1) is 9.72. The fourth-order valence-electron chi connectivity index (χ4n) is 1.79. The standard InChI is InChI=1S/C15H20N4O/c1-4-7-16-14-8-13(10-20-3)18-15(19-14)12-6-5-11(2)17-9-12/h5-6,8-9H,4,7,10H2,1-3H3,(H,16,18,19). The minimum absolute atomic E-state index is 0.468. The summed E-state index contributed by atoms with van der Waals surface area (Å²) in [6.45, 7) is 5.43. The minimum Gasteiger partial charge on any atom is -0.378 e. The molecule has 0 aromatic carbocycles. The number of nitrogens with one attached hydrogen (secondary N) is 1. The third-order valence-corrected chi connectivity index (χ3v) is 2.80. The minimum atomic E-state index is 0.468. The molecule has 5 nitrogen and oxygen atoms in total. The van der Waals surface area contributed by atoms with Crippen molar-refractivity contribution in [2.45, 2.75) is 26.9 Å². The summed E-state index contributed by atoms with van der Waals surface area (Å²) < 4.78 is 5.16. The van der Waals surface area contributed by atoms with Gasteiger partial charge in [0.1, 0.15) is 5.82 Å². The van der Waals surface area contributed by atoms with Gasteiger partial charge in [0, 0.05) is 37.2 Å². The van der Waals surface area contributed by atoms with Gasteiger partial charge in [-0.05, 0) is 25.5 Å². The number of ether oxygens (including phenoxy) is 1. The Hall–Kier alpha value is -2.01. The van der Waals surface area contributed by atoms with Crippen LogP contribution in [-0.2, 0) is 11.3 Å². The summed E-state index contributed by atoms with van der Waals surface area (Å²) in [5.74, 6) is 1.50. The van der Waals surface area contributed by atoms with Crippen LogP contribution in [-0.4, -0.2) is 28.6 Å². The van der Waals surface area contributed by atoms with Crippen molar-refractivity contribution in [2.75, 3.05) is 19.0 Å². The van der Waals surface area contributed by atoms with Crippen LogP contribution in [0.25, 0.3) is 11.4 Å². The fourth-order valence-corrected chi connectivity index (χ4v) is 1.79. The Labute approximate surface area is 119 Å². The lowest BCUT2D eigenvalue weighted by Gasteiger charge is -2.09. The van der Waals surface area contributed by atoms with Crippen LogP contribution in [0.1, 0.15) is 24.7 Å². The number of pyridine rings is 1. The predicted octanol–water partition coefficient (Wildman–Crippen LogP) is 2.82. The van der Waals surface area contributed by atoms with E-state index >= 15 is 0 Å². The Kier molecular flexibility index (Phi) is 5.01. The molecular weight excluding hydrogens is 252 g/mol. The number of aromatic nitrogens is 3. The number of anilines is 1. The molecule has 5 heteroatoms. The van der Waals surface area contributed by atoms with E-state index in [1.54, 1.807) is 13.3 Å². The van der Waals surface area contributed by atoms with Crippen LogP contribution in [0, 0.1) is 6.92 Å². The highest BCUT2D eigenvalue weighted by atomic mass is 16.5. The van der Waals surface area contributed by atoms with E-state index in [-0.39, 0.29) is 0 Å². The maximum Gasteiger partial charge on any atom is 0.163 e. The zero-order chi connectivity index (χ0) is 14.4. The maximum atomic E-state index is 5.16. The van der Waals surface area contributed by atoms with Crippen LogP contribution in [0.4, 0.5) is 5.82 Å². The van der Waals surface area contributed by atoms with E-state index in [1.807, 2.05) is 25.1 Å². The van der Waals surface area contributed by atoms with Gasteiger partial charge in [-0.25, -0.2) is 9.97 Å². The number of rotatable bonds is 6. The SMILES string of the molecule is CCCNc1cc(COC)nc(-c2ccc(C)nc2)n1. The second-order valence-electron chi connectivity index (χ2n) is 4.62. The highest BCUT2D eigenvalue weighted by Crippen LogP contribution is 2.18. The molecule has 2 rings (SSSR count). The van der Waals surface area contributed by atoms with Gasteiger partial charge in [0.05, 0.1) is 12.3 Å². The molecule has 0 aliphatic carbocycles. The van der Waals surface area contributed by atoms with Crippen LogP contribution in [0.3, 0.4) is 0 Å². The summed E-state index contributed by atoms with van der Waals surface area (Å²) in [4.78, 5) is 13.3. The summed E-state index contributed by atoms with van der Waals surface area (Å²) in [6.07, 6.45) is 2.84. The van der Waals surface area contributed by atoms with E-state index in [2.05, 4.69) is 27.2 Å². The molecule has 106 valence electrons. The van der Waals surface area contributed by atoms with Gasteiger partial charge in [0.25, 0.3) is 0 Å². The topological polar surface area (TPSA) is 59.9 Å². The van der Waals surface area contributed by atoms with E-state index < -0.39 is 0 Å². The van der Waals surface area contributed by atoms with Crippen molar-refractivity contribution in [3.05, 3.63) is 35.8 Å². The fraction of sp³-hybridized carbons (Fsp3) is 0.400. The summed E-state index contributed by atoms with van der Waals surface area (Å²) in [5.41, 5.74) is 2.75. The average Bonchev–Trinajstić information content (AvgIpc) is 2.46. The van der Waals surface area contributed by atoms with Gasteiger partial charge in [-0.1, -0.05) is 6.92 Å². The van der Waals surface area contributed by atoms with E-state index in [4.69, 9.17) is 4.74 Å². The lowest BCUT2D eigenvalue weighted by atomic mass is 10.2. The van der Waals surface area contributed by atoms with Crippen LogP contribution < -0.4 is 5.32 Å². The summed E-state index contributed by atoms with van der Waals surface area (Å²) in [6, 6.07) is 5.86. The molecule has 2 aromatic heterocycles. The van der Waals surface area contributed by atoms with Gasteiger partial charge in [-0.3, -0.25) is 4.98 Å². The Balaban J connectivity index is 2.34. The lowest BCUT2D eigenvalue weighted by Crippen LogP contribution is -2.06. The molecule has 0 spiro atoms. The molecule has 0 aliphatic rings. The highest BCUT2D eigenvalue weighted by molar-refractivity contribution is 5.56. The van der Waals surface area contributed by atoms with Gasteiger partial charge in [-0.15, -0.1) is 0 Å². The van der Waals surface area contributed by atoms with Crippen molar-refractivity contribution >= 4 is 5.82 Å². The Bertz CT molecular complexity index is 554. The molecule has 1 N–H and O–H groups in total. The highest BCUT2D eigenvalue weighted by Gasteiger charge is 2.07. The van der Waals surface area contributed by atoms with Crippen molar-refractivity contribution in [3.8, 4) is 11.4 Å². The maximum absolute atomic E-state index is 5.16. The summed E-state index contributed by atoms with van der Waals surface area (Å²) in [5, 5.41) is 3.29. The smallest absolute Gasteiger partial charge is 0.163 e. The molecule has 0 radical (unpaired) electrons. The van der Waals surface area contributed by atoms with E-state index in [9.17, 15) is 0 Å². The number of hydrogen-bond donors (Lipinski definition) is 1. The lowest BCUT2D eigenvalue weighted by molar-refractivity contribution is 0.181. The zero-order valence-corrected chi connectivity index (χ0v) is 12.2. The van der Waals surface area contributed by atoms with Gasteiger partial charge in [0.15, 0.2) is 5.82 Å². The molecule has 0 aliphatic heterocycles. The molecule has 0 saturated carbocycles. The largest absolute Gasteiger partial charge is 0.378 e. The van der Waals surface area contributed by atoms with Crippen molar-refractivity contribution in [3.63, 3.8) is 0 Å². The van der Waals surface area contributed by atoms with E-state index in [0.29, 0.717) is 12.4 Å². The van der Waals surface area contributed by atoms with Gasteiger partial charge >= 0.3 is 0 Å². The van der Waals surface area contributed by atoms with Gasteiger partial charge in [0.2, 0.25) is 0 Å². The number of nitrogens with zero attached hydrogens (tertiary/aromatic N) is 3. The Morgan fingerprint density at radius 2 is 2.10 bits per heavy atom. The molecule has 2 aromatic rings. The summed E-state index contributed by atoms with van der Waals surface area (Å²) in [7, 11) is 1.66. The Morgan fingerprint density at radius 3 is 2.75 bits per heavy atom. The van der Waals surface area contributed by atoms with Crippen LogP contribution in [0.2, 0.25) is 0 Å². The van der Waals surface area contributed by atoms with E-state index in [0.717, 1.165) is 35.7 Å². The molecule has 0 atom stereocenters. The first kappa shape index (κ1) is 14.4. The van der Waals surface area contributed by atoms with Crippen molar-refractivity contribution < 1.29 is 4.74 Å².